The molecule has 0 rings (SSSR count). The van der Waals surface area contributed by atoms with Crippen molar-refractivity contribution in [1.82, 2.24) is 5.09 Å². The van der Waals surface area contributed by atoms with Gasteiger partial charge in [-0.15, -0.1) is 0 Å². The molecule has 0 aromatic heterocycles. The van der Waals surface area contributed by atoms with E-state index >= 15 is 0 Å². The second-order valence-corrected chi connectivity index (χ2v) is 2.93. The summed E-state index contributed by atoms with van der Waals surface area (Å²) < 4.78 is 0. The van der Waals surface area contributed by atoms with Crippen molar-refractivity contribution < 1.29 is 29.7 Å². The number of carbonyl (C=O) groups excluding carboxylic acids is 1. The summed E-state index contributed by atoms with van der Waals surface area (Å²) in [6.45, 7) is -1.02. The maximum Gasteiger partial charge on any atom is 0.103 e. The number of carboxylic acid groups (broad SMARTS) is 1. The van der Waals surface area contributed by atoms with Crippen LogP contribution >= 0.6 is 8.09 Å². The van der Waals surface area contributed by atoms with Gasteiger partial charge < -0.3 is 29.7 Å². The number of carbonyl (C=O) groups is 1. The second-order valence-electron chi connectivity index (χ2n) is 1.68. The molecule has 0 aliphatic carbocycles. The minimum atomic E-state index is -5.12. The molecule has 11 heavy (non-hydrogen) atoms. The Bertz CT molecular complexity index is 143. The third kappa shape index (κ3) is 5.02. The van der Waals surface area contributed by atoms with Crippen LogP contribution in [0.15, 0.2) is 0 Å². The van der Waals surface area contributed by atoms with Crippen molar-refractivity contribution in [2.24, 2.45) is 0 Å². The number of carboxylic acids is 1. The number of aliphatic carboxylic acids is 1. The van der Waals surface area contributed by atoms with E-state index in [1.54, 1.807) is 0 Å². The fourth-order valence-electron chi connectivity index (χ4n) is 0.359. The van der Waals surface area contributed by atoms with Gasteiger partial charge in [0.15, 0.2) is 0 Å². The first-order valence-corrected chi connectivity index (χ1v) is 4.02. The summed E-state index contributed by atoms with van der Waals surface area (Å²) in [5.74, 6) is -1.85. The summed E-state index contributed by atoms with van der Waals surface area (Å²) in [6, 6.07) is -1.86. The van der Waals surface area contributed by atoms with Crippen LogP contribution < -0.4 is 24.9 Å². The quantitative estimate of drug-likeness (QED) is 0.412. The van der Waals surface area contributed by atoms with Crippen molar-refractivity contribution in [2.75, 3.05) is 6.61 Å². The lowest BCUT2D eigenvalue weighted by Gasteiger charge is -2.43. The summed E-state index contributed by atoms with van der Waals surface area (Å²) >= 11 is 0. The minimum absolute atomic E-state index is 1.02. The fraction of sp³-hybridized carbons (Fsp3) is 0.667. The highest BCUT2D eigenvalue weighted by atomic mass is 31.2. The molecule has 0 aliphatic rings. The Morgan fingerprint density at radius 2 is 2.00 bits per heavy atom. The highest BCUT2D eigenvalue weighted by molar-refractivity contribution is 7.52. The maximum absolute atomic E-state index is 9.88. The Kier molecular flexibility index (Phi) is 3.81. The average Bonchev–Trinajstić information content (AvgIpc) is 1.80. The molecule has 0 saturated heterocycles. The topological polar surface area (TPSA) is 142 Å². The van der Waals surface area contributed by atoms with E-state index in [-0.39, 0.29) is 0 Å². The van der Waals surface area contributed by atoms with E-state index in [0.29, 0.717) is 0 Å². The van der Waals surface area contributed by atoms with Crippen molar-refractivity contribution in [3.63, 3.8) is 0 Å². The number of aliphatic hydroxyl groups is 1. The van der Waals surface area contributed by atoms with Crippen molar-refractivity contribution in [3.8, 4) is 0 Å². The first kappa shape index (κ1) is 10.7. The summed E-state index contributed by atoms with van der Waals surface area (Å²) in [5, 5.41) is 19.2. The van der Waals surface area contributed by atoms with Gasteiger partial charge in [-0.1, -0.05) is 8.09 Å². The average molecular weight is 182 g/mol. The molecular weight excluding hydrogens is 177 g/mol. The van der Waals surface area contributed by atoms with Crippen molar-refractivity contribution in [3.05, 3.63) is 0 Å². The molecule has 0 amide bonds. The molecule has 0 saturated carbocycles. The molecule has 0 radical (unpaired) electrons. The number of rotatable bonds is 4. The lowest BCUT2D eigenvalue weighted by Crippen LogP contribution is -2.54. The van der Waals surface area contributed by atoms with E-state index in [9.17, 15) is 24.6 Å². The molecule has 0 heterocycles. The highest BCUT2D eigenvalue weighted by Gasteiger charge is 2.11. The van der Waals surface area contributed by atoms with Gasteiger partial charge in [0.05, 0.1) is 12.6 Å². The number of hydrogen-bond donors (Lipinski definition) is 2. The number of nitrogens with one attached hydrogen (secondary N) is 1. The van der Waals surface area contributed by atoms with E-state index in [1.165, 1.54) is 0 Å². The summed E-state index contributed by atoms with van der Waals surface area (Å²) in [6.07, 6.45) is 0. The van der Waals surface area contributed by atoms with E-state index < -0.39 is 26.7 Å². The molecule has 0 aromatic rings. The predicted molar refractivity (Wildman–Crippen MR) is 25.9 cm³/mol. The van der Waals surface area contributed by atoms with Crippen LogP contribution in [0, 0.1) is 0 Å². The van der Waals surface area contributed by atoms with Gasteiger partial charge in [-0.05, 0) is 0 Å². The maximum atomic E-state index is 9.88. The van der Waals surface area contributed by atoms with Crippen LogP contribution in [0.3, 0.4) is 0 Å². The SMILES string of the molecule is O=C([O-])C(CO)N[P+]([O-])([O-])[O-]. The second kappa shape index (κ2) is 3.91. The largest absolute Gasteiger partial charge is 0.673 e. The third-order valence-electron chi connectivity index (χ3n) is 0.781. The Morgan fingerprint density at radius 1 is 1.55 bits per heavy atom. The zero-order valence-electron chi connectivity index (χ0n) is 5.22. The van der Waals surface area contributed by atoms with Gasteiger partial charge >= 0.3 is 0 Å². The summed E-state index contributed by atoms with van der Waals surface area (Å²) in [5.41, 5.74) is 0. The van der Waals surface area contributed by atoms with Gasteiger partial charge in [0.2, 0.25) is 0 Å². The van der Waals surface area contributed by atoms with Crippen LogP contribution in [0.2, 0.25) is 0 Å². The van der Waals surface area contributed by atoms with Crippen LogP contribution in [0.5, 0.6) is 0 Å². The summed E-state index contributed by atoms with van der Waals surface area (Å²) in [7, 11) is -5.12. The molecule has 2 N–H and O–H groups in total. The molecular formula is C3H5NO6P-3. The number of hydrogen-bond acceptors (Lipinski definition) is 7. The normalized spacial score (nSPS) is 14.5. The Hall–Kier alpha value is -0.300. The van der Waals surface area contributed by atoms with Crippen molar-refractivity contribution in [2.45, 2.75) is 6.04 Å². The molecule has 7 nitrogen and oxygen atoms in total. The predicted octanol–water partition coefficient (Wildman–Crippen LogP) is -5.55. The van der Waals surface area contributed by atoms with Crippen LogP contribution in [0.4, 0.5) is 0 Å². The van der Waals surface area contributed by atoms with Crippen LogP contribution in [-0.4, -0.2) is 23.7 Å². The molecule has 0 bridgehead atoms. The van der Waals surface area contributed by atoms with E-state index in [2.05, 4.69) is 0 Å². The van der Waals surface area contributed by atoms with E-state index in [4.69, 9.17) is 5.11 Å². The molecule has 1 unspecified atom stereocenters. The van der Waals surface area contributed by atoms with Gasteiger partial charge in [-0.3, -0.25) is 0 Å². The lowest BCUT2D eigenvalue weighted by molar-refractivity contribution is -0.433. The van der Waals surface area contributed by atoms with Crippen LogP contribution in [0.1, 0.15) is 0 Å². The highest BCUT2D eigenvalue weighted by Crippen LogP contribution is 2.20. The molecule has 66 valence electrons. The van der Waals surface area contributed by atoms with Gasteiger partial charge in [-0.25, -0.2) is 0 Å². The Morgan fingerprint density at radius 3 is 2.09 bits per heavy atom. The smallest absolute Gasteiger partial charge is 0.103 e. The van der Waals surface area contributed by atoms with E-state index in [0.717, 1.165) is 5.09 Å². The molecule has 8 heteroatoms. The van der Waals surface area contributed by atoms with E-state index in [1.807, 2.05) is 0 Å². The monoisotopic (exact) mass is 182 g/mol. The first-order valence-electron chi connectivity index (χ1n) is 2.48. The van der Waals surface area contributed by atoms with Crippen molar-refractivity contribution >= 4 is 14.1 Å². The van der Waals surface area contributed by atoms with Gasteiger partial charge in [0.25, 0.3) is 0 Å². The first-order chi connectivity index (χ1) is 4.87. The zero-order chi connectivity index (χ0) is 9.07. The summed E-state index contributed by atoms with van der Waals surface area (Å²) in [4.78, 5) is 39.5. The standard InChI is InChI=1S/C3H8NO6P/c5-1-2(3(6)7)4-11(8,9)10/h2,5H,1H2,(H,6,7)(H3,4,8,9,10)/p-3. The molecule has 0 fully saturated rings. The fourth-order valence-corrected chi connectivity index (χ4v) is 0.928. The van der Waals surface area contributed by atoms with Gasteiger partial charge in [0, 0.05) is 0 Å². The van der Waals surface area contributed by atoms with Gasteiger partial charge in [0.1, 0.15) is 6.04 Å². The minimum Gasteiger partial charge on any atom is -0.673 e. The zero-order valence-corrected chi connectivity index (χ0v) is 6.11. The molecule has 0 aromatic carbocycles. The Labute approximate surface area is 62.6 Å². The van der Waals surface area contributed by atoms with Crippen LogP contribution in [0.25, 0.3) is 0 Å². The lowest BCUT2D eigenvalue weighted by atomic mass is 10.3. The van der Waals surface area contributed by atoms with Gasteiger partial charge in [-0.2, -0.15) is 5.09 Å². The number of aliphatic hydroxyl groups excluding tert-OH is 1. The Balaban J connectivity index is 3.99. The molecule has 1 atom stereocenters. The molecule has 0 aliphatic heterocycles. The van der Waals surface area contributed by atoms with Crippen LogP contribution in [-0.2, 0) is 4.79 Å². The van der Waals surface area contributed by atoms with Crippen molar-refractivity contribution in [1.29, 1.82) is 0 Å². The third-order valence-corrected chi connectivity index (χ3v) is 1.41. The molecule has 0 spiro atoms.